The van der Waals surface area contributed by atoms with Gasteiger partial charge in [0.15, 0.2) is 0 Å². The Balaban J connectivity index is 1.92. The fourth-order valence-corrected chi connectivity index (χ4v) is 3.15. The molecule has 0 bridgehead atoms. The fraction of sp³-hybridized carbons (Fsp3) is 0.182. The molecule has 0 aliphatic heterocycles. The minimum atomic E-state index is -1.12. The van der Waals surface area contributed by atoms with Crippen LogP contribution in [0.25, 0.3) is 5.69 Å². The predicted octanol–water partition coefficient (Wildman–Crippen LogP) is 3.79. The molecule has 1 amide bonds. The first-order valence-corrected chi connectivity index (χ1v) is 8.69. The van der Waals surface area contributed by atoms with Crippen molar-refractivity contribution in [2.45, 2.75) is 26.9 Å². The molecule has 3 aromatic rings. The predicted molar refractivity (Wildman–Crippen MR) is 104 cm³/mol. The van der Waals surface area contributed by atoms with E-state index in [1.165, 1.54) is 0 Å². The summed E-state index contributed by atoms with van der Waals surface area (Å²) in [6.45, 7) is 5.80. The van der Waals surface area contributed by atoms with Crippen LogP contribution in [0.3, 0.4) is 0 Å². The van der Waals surface area contributed by atoms with E-state index in [1.54, 1.807) is 30.3 Å². The molecule has 0 spiro atoms. The lowest BCUT2D eigenvalue weighted by Gasteiger charge is -2.15. The second-order valence-electron chi connectivity index (χ2n) is 6.55. The fourth-order valence-electron chi connectivity index (χ4n) is 3.15. The molecule has 138 valence electrons. The number of primary amides is 1. The van der Waals surface area contributed by atoms with Gasteiger partial charge in [-0.15, -0.1) is 0 Å². The first-order chi connectivity index (χ1) is 12.9. The molecule has 0 fully saturated rings. The van der Waals surface area contributed by atoms with Gasteiger partial charge in [-0.2, -0.15) is 0 Å². The third kappa shape index (κ3) is 3.77. The van der Waals surface area contributed by atoms with Crippen molar-refractivity contribution < 1.29 is 14.3 Å². The molecule has 2 N–H and O–H groups in total. The highest BCUT2D eigenvalue weighted by Crippen LogP contribution is 2.24. The summed E-state index contributed by atoms with van der Waals surface area (Å²) in [5, 5.41) is 0. The molecule has 0 aliphatic rings. The molecule has 5 nitrogen and oxygen atoms in total. The zero-order valence-electron chi connectivity index (χ0n) is 15.6. The number of hydrogen-bond donors (Lipinski definition) is 1. The van der Waals surface area contributed by atoms with Gasteiger partial charge in [-0.1, -0.05) is 48.0 Å². The smallest absolute Gasteiger partial charge is 0.341 e. The van der Waals surface area contributed by atoms with Crippen LogP contribution in [-0.2, 0) is 9.53 Å². The molecule has 3 rings (SSSR count). The van der Waals surface area contributed by atoms with Crippen molar-refractivity contribution in [3.05, 3.63) is 88.7 Å². The van der Waals surface area contributed by atoms with Crippen molar-refractivity contribution in [2.75, 3.05) is 0 Å². The average Bonchev–Trinajstić information content (AvgIpc) is 2.95. The molecule has 1 unspecified atom stereocenters. The maximum absolute atomic E-state index is 12.8. The van der Waals surface area contributed by atoms with Crippen molar-refractivity contribution in [3.8, 4) is 5.69 Å². The van der Waals surface area contributed by atoms with E-state index in [0.29, 0.717) is 11.1 Å². The van der Waals surface area contributed by atoms with Crippen LogP contribution < -0.4 is 5.73 Å². The van der Waals surface area contributed by atoms with Crippen molar-refractivity contribution >= 4 is 11.9 Å². The standard InChI is InChI=1S/C22H22N2O3/c1-14-9-11-18(12-10-14)24-15(2)13-19(16(24)3)22(26)27-20(21(23)25)17-7-5-4-6-8-17/h4-13,20H,1-3H3,(H2,23,25). The van der Waals surface area contributed by atoms with Crippen molar-refractivity contribution in [1.82, 2.24) is 4.57 Å². The number of amides is 1. The highest BCUT2D eigenvalue weighted by molar-refractivity contribution is 5.94. The van der Waals surface area contributed by atoms with E-state index in [4.69, 9.17) is 10.5 Å². The number of carbonyl (C=O) groups excluding carboxylic acids is 2. The van der Waals surface area contributed by atoms with Crippen LogP contribution in [0.1, 0.15) is 39.0 Å². The normalized spacial score (nSPS) is 11.8. The van der Waals surface area contributed by atoms with Crippen molar-refractivity contribution in [3.63, 3.8) is 0 Å². The highest BCUT2D eigenvalue weighted by Gasteiger charge is 2.25. The molecule has 0 saturated carbocycles. The Kier molecular flexibility index (Phi) is 5.12. The number of carbonyl (C=O) groups is 2. The van der Waals surface area contributed by atoms with Crippen LogP contribution >= 0.6 is 0 Å². The Labute approximate surface area is 158 Å². The summed E-state index contributed by atoms with van der Waals surface area (Å²) in [6.07, 6.45) is -1.12. The van der Waals surface area contributed by atoms with Crippen LogP contribution in [0.5, 0.6) is 0 Å². The highest BCUT2D eigenvalue weighted by atomic mass is 16.5. The first-order valence-electron chi connectivity index (χ1n) is 8.69. The molecule has 1 atom stereocenters. The molecule has 0 radical (unpaired) electrons. The summed E-state index contributed by atoms with van der Waals surface area (Å²) in [6, 6.07) is 18.6. The molecule has 1 heterocycles. The number of rotatable bonds is 5. The number of benzene rings is 2. The zero-order valence-corrected chi connectivity index (χ0v) is 15.6. The lowest BCUT2D eigenvalue weighted by Crippen LogP contribution is -2.26. The van der Waals surface area contributed by atoms with E-state index in [-0.39, 0.29) is 0 Å². The van der Waals surface area contributed by atoms with E-state index < -0.39 is 18.0 Å². The molecule has 0 aliphatic carbocycles. The van der Waals surface area contributed by atoms with Gasteiger partial charge in [-0.05, 0) is 39.0 Å². The average molecular weight is 362 g/mol. The molecule has 2 aromatic carbocycles. The van der Waals surface area contributed by atoms with Gasteiger partial charge in [0.25, 0.3) is 5.91 Å². The third-order valence-corrected chi connectivity index (χ3v) is 4.53. The zero-order chi connectivity index (χ0) is 19.6. The monoisotopic (exact) mass is 362 g/mol. The van der Waals surface area contributed by atoms with Gasteiger partial charge in [0, 0.05) is 22.6 Å². The van der Waals surface area contributed by atoms with Crippen LogP contribution in [0.4, 0.5) is 0 Å². The van der Waals surface area contributed by atoms with Crippen molar-refractivity contribution in [2.24, 2.45) is 5.73 Å². The Bertz CT molecular complexity index is 973. The number of aryl methyl sites for hydroxylation is 2. The summed E-state index contributed by atoms with van der Waals surface area (Å²) < 4.78 is 7.45. The molecule has 5 heteroatoms. The van der Waals surface area contributed by atoms with Crippen LogP contribution in [0.2, 0.25) is 0 Å². The van der Waals surface area contributed by atoms with Gasteiger partial charge in [0.1, 0.15) is 0 Å². The molecular formula is C22H22N2O3. The van der Waals surface area contributed by atoms with Gasteiger partial charge in [-0.25, -0.2) is 4.79 Å². The molecule has 0 saturated heterocycles. The van der Waals surface area contributed by atoms with E-state index in [1.807, 2.05) is 55.7 Å². The van der Waals surface area contributed by atoms with Crippen LogP contribution in [0.15, 0.2) is 60.7 Å². The van der Waals surface area contributed by atoms with E-state index in [2.05, 4.69) is 0 Å². The number of nitrogens with two attached hydrogens (primary N) is 1. The number of aromatic nitrogens is 1. The molecule has 1 aromatic heterocycles. The van der Waals surface area contributed by atoms with Crippen molar-refractivity contribution in [1.29, 1.82) is 0 Å². The first kappa shape index (κ1) is 18.5. The van der Waals surface area contributed by atoms with Gasteiger partial charge < -0.3 is 15.0 Å². The lowest BCUT2D eigenvalue weighted by molar-refractivity contribution is -0.127. The Morgan fingerprint density at radius 1 is 0.963 bits per heavy atom. The van der Waals surface area contributed by atoms with Gasteiger partial charge >= 0.3 is 5.97 Å². The second kappa shape index (κ2) is 7.50. The van der Waals surface area contributed by atoms with Gasteiger partial charge in [0.05, 0.1) is 5.56 Å². The summed E-state index contributed by atoms with van der Waals surface area (Å²) >= 11 is 0. The number of ether oxygens (including phenoxy) is 1. The van der Waals surface area contributed by atoms with E-state index in [9.17, 15) is 9.59 Å². The van der Waals surface area contributed by atoms with Gasteiger partial charge in [-0.3, -0.25) is 4.79 Å². The SMILES string of the molecule is Cc1ccc(-n2c(C)cc(C(=O)OC(C(N)=O)c3ccccc3)c2C)cc1. The Morgan fingerprint density at radius 2 is 1.59 bits per heavy atom. The lowest BCUT2D eigenvalue weighted by atomic mass is 10.1. The summed E-state index contributed by atoms with van der Waals surface area (Å²) in [7, 11) is 0. The van der Waals surface area contributed by atoms with Crippen LogP contribution in [0, 0.1) is 20.8 Å². The molecule has 27 heavy (non-hydrogen) atoms. The Morgan fingerprint density at radius 3 is 2.19 bits per heavy atom. The van der Waals surface area contributed by atoms with Gasteiger partial charge in [0.2, 0.25) is 6.10 Å². The van der Waals surface area contributed by atoms with E-state index in [0.717, 1.165) is 22.6 Å². The number of esters is 1. The summed E-state index contributed by atoms with van der Waals surface area (Å²) in [4.78, 5) is 24.6. The third-order valence-electron chi connectivity index (χ3n) is 4.53. The number of nitrogens with zero attached hydrogens (tertiary/aromatic N) is 1. The Hall–Kier alpha value is -3.34. The second-order valence-corrected chi connectivity index (χ2v) is 6.55. The minimum Gasteiger partial charge on any atom is -0.444 e. The molecular weight excluding hydrogens is 340 g/mol. The summed E-state index contributed by atoms with van der Waals surface area (Å²) in [5.41, 5.74) is 10.2. The topological polar surface area (TPSA) is 74.3 Å². The summed E-state index contributed by atoms with van der Waals surface area (Å²) in [5.74, 6) is -1.28. The van der Waals surface area contributed by atoms with Crippen LogP contribution in [-0.4, -0.2) is 16.4 Å². The minimum absolute atomic E-state index is 0.412. The number of hydrogen-bond acceptors (Lipinski definition) is 3. The largest absolute Gasteiger partial charge is 0.444 e. The van der Waals surface area contributed by atoms with E-state index >= 15 is 0 Å². The quantitative estimate of drug-likeness (QED) is 0.702. The maximum Gasteiger partial charge on any atom is 0.341 e. The maximum atomic E-state index is 12.8.